The molecule has 66 valence electrons. The molecular weight excluding hydrogens is 230 g/mol. The number of halogens is 1. The Morgan fingerprint density at radius 3 is 3.00 bits per heavy atom. The molecule has 1 aliphatic carbocycles. The third-order valence-electron chi connectivity index (χ3n) is 2.31. The van der Waals surface area contributed by atoms with Crippen molar-refractivity contribution in [1.82, 2.24) is 0 Å². The molecule has 0 unspecified atom stereocenters. The molecule has 2 rings (SSSR count). The van der Waals surface area contributed by atoms with Crippen molar-refractivity contribution in [2.75, 3.05) is 0 Å². The van der Waals surface area contributed by atoms with Crippen molar-refractivity contribution in [2.45, 2.75) is 17.3 Å². The topological polar surface area (TPSA) is 48.8 Å². The Bertz CT molecular complexity index is 371. The van der Waals surface area contributed by atoms with Crippen LogP contribution < -0.4 is 0 Å². The van der Waals surface area contributed by atoms with E-state index in [0.717, 1.165) is 12.0 Å². The summed E-state index contributed by atoms with van der Waals surface area (Å²) in [4.78, 5) is 3.11. The van der Waals surface area contributed by atoms with Gasteiger partial charge in [-0.25, -0.2) is 0 Å². The molecule has 4 heteroatoms. The molecule has 0 saturated heterocycles. The highest BCUT2D eigenvalue weighted by Crippen LogP contribution is 2.38. The number of nitrogens with zero attached hydrogens (tertiary/aromatic N) is 3. The maximum atomic E-state index is 8.41. The standard InChI is InChI=1S/C9H8BrN3/c10-8-5-6-3-1-2-4-7(6)9(8)12-13-11/h1-4,8-9H,5H2/t8-,9-/m0/s1. The van der Waals surface area contributed by atoms with Crippen molar-refractivity contribution in [1.29, 1.82) is 0 Å². The molecule has 0 amide bonds. The van der Waals surface area contributed by atoms with Gasteiger partial charge in [0.2, 0.25) is 0 Å². The predicted molar refractivity (Wildman–Crippen MR) is 54.7 cm³/mol. The Labute approximate surface area is 84.5 Å². The lowest BCUT2D eigenvalue weighted by Crippen LogP contribution is -2.01. The summed E-state index contributed by atoms with van der Waals surface area (Å²) in [5.74, 6) is 0. The lowest BCUT2D eigenvalue weighted by molar-refractivity contribution is 0.735. The van der Waals surface area contributed by atoms with Crippen LogP contribution in [-0.2, 0) is 6.42 Å². The Kier molecular flexibility index (Phi) is 2.25. The van der Waals surface area contributed by atoms with Crippen LogP contribution in [0.4, 0.5) is 0 Å². The van der Waals surface area contributed by atoms with Crippen LogP contribution in [0.25, 0.3) is 10.4 Å². The molecule has 2 atom stereocenters. The summed E-state index contributed by atoms with van der Waals surface area (Å²) in [7, 11) is 0. The molecule has 0 fully saturated rings. The molecule has 1 aromatic carbocycles. The first-order chi connectivity index (χ1) is 6.33. The van der Waals surface area contributed by atoms with Gasteiger partial charge in [0.15, 0.2) is 0 Å². The first kappa shape index (κ1) is 8.60. The van der Waals surface area contributed by atoms with E-state index in [9.17, 15) is 0 Å². The molecule has 3 nitrogen and oxygen atoms in total. The Balaban J connectivity index is 2.46. The fraction of sp³-hybridized carbons (Fsp3) is 0.333. The van der Waals surface area contributed by atoms with Crippen LogP contribution in [-0.4, -0.2) is 4.83 Å². The van der Waals surface area contributed by atoms with E-state index in [0.29, 0.717) is 0 Å². The van der Waals surface area contributed by atoms with E-state index in [4.69, 9.17) is 5.53 Å². The monoisotopic (exact) mass is 237 g/mol. The fourth-order valence-electron chi connectivity index (χ4n) is 1.72. The van der Waals surface area contributed by atoms with E-state index in [1.807, 2.05) is 18.2 Å². The van der Waals surface area contributed by atoms with Gasteiger partial charge in [0.05, 0.1) is 6.04 Å². The molecule has 0 aliphatic heterocycles. The maximum absolute atomic E-state index is 8.41. The van der Waals surface area contributed by atoms with E-state index >= 15 is 0 Å². The first-order valence-electron chi connectivity index (χ1n) is 4.09. The van der Waals surface area contributed by atoms with Gasteiger partial charge in [-0.1, -0.05) is 45.3 Å². The Hall–Kier alpha value is -0.990. The molecule has 1 aromatic rings. The summed E-state index contributed by atoms with van der Waals surface area (Å²) in [5.41, 5.74) is 10.8. The van der Waals surface area contributed by atoms with Crippen LogP contribution in [0.2, 0.25) is 0 Å². The maximum Gasteiger partial charge on any atom is 0.0756 e. The van der Waals surface area contributed by atoms with E-state index in [2.05, 4.69) is 32.0 Å². The fourth-order valence-corrected chi connectivity index (χ4v) is 2.45. The molecule has 0 aromatic heterocycles. The van der Waals surface area contributed by atoms with Crippen molar-refractivity contribution in [3.05, 3.63) is 45.8 Å². The van der Waals surface area contributed by atoms with Crippen molar-refractivity contribution in [2.24, 2.45) is 5.11 Å². The number of hydrogen-bond acceptors (Lipinski definition) is 1. The van der Waals surface area contributed by atoms with Crippen molar-refractivity contribution in [3.8, 4) is 0 Å². The van der Waals surface area contributed by atoms with Crippen LogP contribution >= 0.6 is 15.9 Å². The second-order valence-corrected chi connectivity index (χ2v) is 4.24. The molecule has 0 radical (unpaired) electrons. The van der Waals surface area contributed by atoms with Crippen LogP contribution in [0.15, 0.2) is 29.4 Å². The van der Waals surface area contributed by atoms with Gasteiger partial charge in [0, 0.05) is 9.74 Å². The van der Waals surface area contributed by atoms with Crippen LogP contribution in [0.5, 0.6) is 0 Å². The lowest BCUT2D eigenvalue weighted by Gasteiger charge is -2.06. The van der Waals surface area contributed by atoms with Gasteiger partial charge < -0.3 is 0 Å². The second kappa shape index (κ2) is 3.40. The van der Waals surface area contributed by atoms with Gasteiger partial charge >= 0.3 is 0 Å². The summed E-state index contributed by atoms with van der Waals surface area (Å²) in [5, 5.41) is 3.78. The number of rotatable bonds is 1. The summed E-state index contributed by atoms with van der Waals surface area (Å²) < 4.78 is 0. The molecule has 0 heterocycles. The second-order valence-electron chi connectivity index (χ2n) is 3.07. The van der Waals surface area contributed by atoms with E-state index in [-0.39, 0.29) is 10.9 Å². The van der Waals surface area contributed by atoms with Gasteiger partial charge in [-0.2, -0.15) is 0 Å². The number of alkyl halides is 1. The lowest BCUT2D eigenvalue weighted by atomic mass is 10.1. The van der Waals surface area contributed by atoms with Gasteiger partial charge in [-0.15, -0.1) is 0 Å². The highest BCUT2D eigenvalue weighted by atomic mass is 79.9. The quantitative estimate of drug-likeness (QED) is 0.312. The smallest absolute Gasteiger partial charge is 0.0756 e. The first-order valence-corrected chi connectivity index (χ1v) is 5.00. The van der Waals surface area contributed by atoms with Crippen LogP contribution in [0, 0.1) is 0 Å². The zero-order valence-corrected chi connectivity index (χ0v) is 8.48. The summed E-state index contributed by atoms with van der Waals surface area (Å²) in [6.07, 6.45) is 0.944. The van der Waals surface area contributed by atoms with Crippen molar-refractivity contribution < 1.29 is 0 Å². The molecule has 0 spiro atoms. The predicted octanol–water partition coefficient (Wildman–Crippen LogP) is 3.36. The zero-order valence-electron chi connectivity index (χ0n) is 6.89. The Morgan fingerprint density at radius 2 is 2.23 bits per heavy atom. The summed E-state index contributed by atoms with van der Waals surface area (Å²) >= 11 is 3.52. The molecule has 1 aliphatic rings. The summed E-state index contributed by atoms with van der Waals surface area (Å²) in [6, 6.07) is 8.05. The minimum atomic E-state index is -0.0406. The van der Waals surface area contributed by atoms with Crippen LogP contribution in [0.1, 0.15) is 17.2 Å². The third-order valence-corrected chi connectivity index (χ3v) is 3.13. The summed E-state index contributed by atoms with van der Waals surface area (Å²) in [6.45, 7) is 0. The number of azide groups is 1. The normalized spacial score (nSPS) is 25.0. The largest absolute Gasteiger partial charge is 0.0879 e. The molecular formula is C9H8BrN3. The minimum absolute atomic E-state index is 0.0406. The molecule has 13 heavy (non-hydrogen) atoms. The highest BCUT2D eigenvalue weighted by molar-refractivity contribution is 9.09. The highest BCUT2D eigenvalue weighted by Gasteiger charge is 2.28. The van der Waals surface area contributed by atoms with Gasteiger partial charge in [-0.05, 0) is 23.1 Å². The van der Waals surface area contributed by atoms with E-state index in [1.165, 1.54) is 5.56 Å². The van der Waals surface area contributed by atoms with Gasteiger partial charge in [-0.3, -0.25) is 0 Å². The molecule has 0 N–H and O–H groups in total. The molecule has 0 bridgehead atoms. The SMILES string of the molecule is [N-]=[N+]=N[C@H]1c2ccccc2C[C@@H]1Br. The van der Waals surface area contributed by atoms with Crippen LogP contribution in [0.3, 0.4) is 0 Å². The van der Waals surface area contributed by atoms with E-state index < -0.39 is 0 Å². The number of hydrogen-bond donors (Lipinski definition) is 0. The number of fused-ring (bicyclic) bond motifs is 1. The zero-order chi connectivity index (χ0) is 9.26. The average Bonchev–Trinajstić information content (AvgIpc) is 2.44. The third kappa shape index (κ3) is 1.43. The van der Waals surface area contributed by atoms with Gasteiger partial charge in [0.1, 0.15) is 0 Å². The van der Waals surface area contributed by atoms with Crippen molar-refractivity contribution in [3.63, 3.8) is 0 Å². The Morgan fingerprint density at radius 1 is 1.46 bits per heavy atom. The number of benzene rings is 1. The van der Waals surface area contributed by atoms with Crippen molar-refractivity contribution >= 4 is 15.9 Å². The van der Waals surface area contributed by atoms with E-state index in [1.54, 1.807) is 0 Å². The molecule has 0 saturated carbocycles. The average molecular weight is 238 g/mol. The minimum Gasteiger partial charge on any atom is -0.0879 e. The van der Waals surface area contributed by atoms with Gasteiger partial charge in [0.25, 0.3) is 0 Å².